The van der Waals surface area contributed by atoms with E-state index in [1.165, 1.54) is 16.7 Å². The molecule has 18 heavy (non-hydrogen) atoms. The third-order valence-electron chi connectivity index (χ3n) is 3.09. The van der Waals surface area contributed by atoms with Gasteiger partial charge in [-0.1, -0.05) is 30.3 Å². The number of hydrogen-bond donors (Lipinski definition) is 1. The molecule has 0 aliphatic heterocycles. The molecule has 0 aliphatic carbocycles. The fraction of sp³-hybridized carbons (Fsp3) is 0.250. The second-order valence-corrected chi connectivity index (χ2v) is 4.42. The third-order valence-corrected chi connectivity index (χ3v) is 3.09. The molecule has 0 fully saturated rings. The monoisotopic (exact) mass is 241 g/mol. The highest BCUT2D eigenvalue weighted by Gasteiger charge is 2.03. The Morgan fingerprint density at radius 2 is 1.83 bits per heavy atom. The van der Waals surface area contributed by atoms with Crippen LogP contribution in [0.5, 0.6) is 5.75 Å². The molecule has 0 saturated heterocycles. The molecule has 0 spiro atoms. The van der Waals surface area contributed by atoms with Gasteiger partial charge in [0.2, 0.25) is 0 Å². The van der Waals surface area contributed by atoms with Crippen LogP contribution in [0.3, 0.4) is 0 Å². The molecule has 2 rings (SSSR count). The molecule has 0 aromatic heterocycles. The van der Waals surface area contributed by atoms with Crippen molar-refractivity contribution in [2.75, 3.05) is 13.7 Å². The van der Waals surface area contributed by atoms with Crippen molar-refractivity contribution in [3.8, 4) is 16.9 Å². The Kier molecular flexibility index (Phi) is 4.00. The van der Waals surface area contributed by atoms with Gasteiger partial charge < -0.3 is 10.5 Å². The van der Waals surface area contributed by atoms with Crippen LogP contribution in [0.2, 0.25) is 0 Å². The number of ether oxygens (including phenoxy) is 1. The fourth-order valence-corrected chi connectivity index (χ4v) is 2.13. The minimum absolute atomic E-state index is 0.686. The molecule has 2 aromatic rings. The zero-order chi connectivity index (χ0) is 13.0. The SMILES string of the molecule is COc1ccc(-c2cccc(CCN)c2)cc1C. The normalized spacial score (nSPS) is 10.4. The average molecular weight is 241 g/mol. The molecule has 94 valence electrons. The summed E-state index contributed by atoms with van der Waals surface area (Å²) in [6, 6.07) is 14.8. The van der Waals surface area contributed by atoms with Crippen LogP contribution >= 0.6 is 0 Å². The van der Waals surface area contributed by atoms with E-state index < -0.39 is 0 Å². The van der Waals surface area contributed by atoms with E-state index in [2.05, 4.69) is 43.3 Å². The molecule has 0 bridgehead atoms. The number of hydrogen-bond acceptors (Lipinski definition) is 2. The quantitative estimate of drug-likeness (QED) is 0.892. The number of methoxy groups -OCH3 is 1. The van der Waals surface area contributed by atoms with E-state index in [4.69, 9.17) is 10.5 Å². The van der Waals surface area contributed by atoms with Gasteiger partial charge in [-0.25, -0.2) is 0 Å². The molecule has 0 radical (unpaired) electrons. The van der Waals surface area contributed by atoms with Crippen molar-refractivity contribution in [2.24, 2.45) is 5.73 Å². The van der Waals surface area contributed by atoms with Crippen LogP contribution in [0.25, 0.3) is 11.1 Å². The molecular weight excluding hydrogens is 222 g/mol. The Balaban J connectivity index is 2.36. The molecule has 0 heterocycles. The first-order valence-corrected chi connectivity index (χ1v) is 6.18. The van der Waals surface area contributed by atoms with E-state index in [1.54, 1.807) is 7.11 Å². The van der Waals surface area contributed by atoms with Crippen LogP contribution in [0, 0.1) is 6.92 Å². The van der Waals surface area contributed by atoms with Crippen LogP contribution in [-0.2, 0) is 6.42 Å². The summed E-state index contributed by atoms with van der Waals surface area (Å²) in [7, 11) is 1.70. The van der Waals surface area contributed by atoms with Gasteiger partial charge in [0.1, 0.15) is 5.75 Å². The Hall–Kier alpha value is -1.80. The van der Waals surface area contributed by atoms with E-state index in [1.807, 2.05) is 6.07 Å². The van der Waals surface area contributed by atoms with Gasteiger partial charge in [-0.3, -0.25) is 0 Å². The van der Waals surface area contributed by atoms with Gasteiger partial charge in [0.05, 0.1) is 7.11 Å². The number of benzene rings is 2. The maximum Gasteiger partial charge on any atom is 0.121 e. The lowest BCUT2D eigenvalue weighted by atomic mass is 10.00. The highest BCUT2D eigenvalue weighted by atomic mass is 16.5. The molecular formula is C16H19NO. The molecule has 2 aromatic carbocycles. The van der Waals surface area contributed by atoms with Crippen molar-refractivity contribution in [1.29, 1.82) is 0 Å². The summed E-state index contributed by atoms with van der Waals surface area (Å²) in [5, 5.41) is 0. The van der Waals surface area contributed by atoms with Crippen LogP contribution < -0.4 is 10.5 Å². The van der Waals surface area contributed by atoms with Gasteiger partial charge in [-0.15, -0.1) is 0 Å². The maximum absolute atomic E-state index is 5.59. The van der Waals surface area contributed by atoms with E-state index in [-0.39, 0.29) is 0 Å². The standard InChI is InChI=1S/C16H19NO/c1-12-10-15(6-7-16(12)18-2)14-5-3-4-13(11-14)8-9-17/h3-7,10-11H,8-9,17H2,1-2H3. The van der Waals surface area contributed by atoms with Gasteiger partial charge in [-0.05, 0) is 54.3 Å². The predicted molar refractivity (Wildman–Crippen MR) is 75.9 cm³/mol. The lowest BCUT2D eigenvalue weighted by molar-refractivity contribution is 0.412. The van der Waals surface area contributed by atoms with Gasteiger partial charge in [-0.2, -0.15) is 0 Å². The molecule has 0 saturated carbocycles. The summed E-state index contributed by atoms with van der Waals surface area (Å²) in [6.07, 6.45) is 0.920. The first kappa shape index (κ1) is 12.7. The summed E-state index contributed by atoms with van der Waals surface area (Å²) in [4.78, 5) is 0. The van der Waals surface area contributed by atoms with Gasteiger partial charge in [0, 0.05) is 0 Å². The number of aryl methyl sites for hydroxylation is 1. The van der Waals surface area contributed by atoms with Crippen molar-refractivity contribution >= 4 is 0 Å². The largest absolute Gasteiger partial charge is 0.496 e. The van der Waals surface area contributed by atoms with Crippen LogP contribution in [0.15, 0.2) is 42.5 Å². The van der Waals surface area contributed by atoms with E-state index in [0.717, 1.165) is 17.7 Å². The lowest BCUT2D eigenvalue weighted by Gasteiger charge is -2.09. The van der Waals surface area contributed by atoms with Crippen LogP contribution in [0.1, 0.15) is 11.1 Å². The summed E-state index contributed by atoms with van der Waals surface area (Å²) in [5.74, 6) is 0.928. The van der Waals surface area contributed by atoms with Crippen molar-refractivity contribution in [1.82, 2.24) is 0 Å². The maximum atomic E-state index is 5.59. The van der Waals surface area contributed by atoms with Crippen molar-refractivity contribution in [3.05, 3.63) is 53.6 Å². The van der Waals surface area contributed by atoms with E-state index >= 15 is 0 Å². The van der Waals surface area contributed by atoms with E-state index in [9.17, 15) is 0 Å². The lowest BCUT2D eigenvalue weighted by Crippen LogP contribution is -2.02. The smallest absolute Gasteiger partial charge is 0.121 e. The zero-order valence-corrected chi connectivity index (χ0v) is 10.9. The summed E-state index contributed by atoms with van der Waals surface area (Å²) < 4.78 is 5.28. The van der Waals surface area contributed by atoms with Crippen LogP contribution in [0.4, 0.5) is 0 Å². The fourth-order valence-electron chi connectivity index (χ4n) is 2.13. The molecule has 0 aliphatic rings. The van der Waals surface area contributed by atoms with Crippen molar-refractivity contribution < 1.29 is 4.74 Å². The molecule has 0 unspecified atom stereocenters. The Morgan fingerprint density at radius 1 is 1.06 bits per heavy atom. The Morgan fingerprint density at radius 3 is 2.50 bits per heavy atom. The Labute approximate surface area is 108 Å². The van der Waals surface area contributed by atoms with Gasteiger partial charge in [0.25, 0.3) is 0 Å². The van der Waals surface area contributed by atoms with Crippen LogP contribution in [-0.4, -0.2) is 13.7 Å². The minimum atomic E-state index is 0.686. The third kappa shape index (κ3) is 2.71. The second kappa shape index (κ2) is 5.69. The van der Waals surface area contributed by atoms with Crippen molar-refractivity contribution in [2.45, 2.75) is 13.3 Å². The molecule has 2 nitrogen and oxygen atoms in total. The number of rotatable bonds is 4. The Bertz CT molecular complexity index is 534. The highest BCUT2D eigenvalue weighted by molar-refractivity contribution is 5.66. The molecule has 0 amide bonds. The molecule has 2 heteroatoms. The topological polar surface area (TPSA) is 35.2 Å². The summed E-state index contributed by atoms with van der Waals surface area (Å²) >= 11 is 0. The first-order valence-electron chi connectivity index (χ1n) is 6.18. The summed E-state index contributed by atoms with van der Waals surface area (Å²) in [6.45, 7) is 2.75. The summed E-state index contributed by atoms with van der Waals surface area (Å²) in [5.41, 5.74) is 10.5. The van der Waals surface area contributed by atoms with Gasteiger partial charge >= 0.3 is 0 Å². The molecule has 2 N–H and O–H groups in total. The predicted octanol–water partition coefficient (Wildman–Crippen LogP) is 3.17. The zero-order valence-electron chi connectivity index (χ0n) is 10.9. The van der Waals surface area contributed by atoms with Gasteiger partial charge in [0.15, 0.2) is 0 Å². The first-order chi connectivity index (χ1) is 8.74. The second-order valence-electron chi connectivity index (χ2n) is 4.42. The van der Waals surface area contributed by atoms with E-state index in [0.29, 0.717) is 6.54 Å². The minimum Gasteiger partial charge on any atom is -0.496 e. The number of nitrogens with two attached hydrogens (primary N) is 1. The molecule has 0 atom stereocenters. The van der Waals surface area contributed by atoms with Crippen molar-refractivity contribution in [3.63, 3.8) is 0 Å². The average Bonchev–Trinajstić information content (AvgIpc) is 2.39. The highest BCUT2D eigenvalue weighted by Crippen LogP contribution is 2.26.